The van der Waals surface area contributed by atoms with E-state index in [1.54, 1.807) is 0 Å². The van der Waals surface area contributed by atoms with Crippen LogP contribution < -0.4 is 4.90 Å². The van der Waals surface area contributed by atoms with Crippen molar-refractivity contribution in [3.63, 3.8) is 0 Å². The van der Waals surface area contributed by atoms with Gasteiger partial charge in [-0.05, 0) is 19.1 Å². The molecule has 13 heteroatoms. The summed E-state index contributed by atoms with van der Waals surface area (Å²) < 4.78 is 75.9. The van der Waals surface area contributed by atoms with Crippen LogP contribution in [0.3, 0.4) is 0 Å². The first-order chi connectivity index (χ1) is 11.2. The fourth-order valence-electron chi connectivity index (χ4n) is 1.79. The van der Waals surface area contributed by atoms with Gasteiger partial charge in [0, 0.05) is 6.07 Å². The molecule has 7 nitrogen and oxygen atoms in total. The van der Waals surface area contributed by atoms with E-state index in [2.05, 4.69) is 0 Å². The molecule has 1 N–H and O–H groups in total. The summed E-state index contributed by atoms with van der Waals surface area (Å²) in [6, 6.07) is -1.87. The first-order valence-electron chi connectivity index (χ1n) is 6.16. The zero-order chi connectivity index (χ0) is 19.7. The molecule has 0 aliphatic carbocycles. The summed E-state index contributed by atoms with van der Waals surface area (Å²) in [5.41, 5.74) is -4.28. The summed E-state index contributed by atoms with van der Waals surface area (Å²) in [6.45, 7) is 0.618. The minimum atomic E-state index is -5.61. The van der Waals surface area contributed by atoms with Crippen LogP contribution in [-0.2, 0) is 15.8 Å². The van der Waals surface area contributed by atoms with Crippen molar-refractivity contribution in [2.75, 3.05) is 4.90 Å². The van der Waals surface area contributed by atoms with Gasteiger partial charge >= 0.3 is 24.2 Å². The van der Waals surface area contributed by atoms with Crippen molar-refractivity contribution in [2.45, 2.75) is 25.3 Å². The number of nitrogens with zero attached hydrogens (tertiary/aromatic N) is 2. The van der Waals surface area contributed by atoms with Gasteiger partial charge in [-0.3, -0.25) is 19.8 Å². The predicted molar refractivity (Wildman–Crippen MR) is 68.7 cm³/mol. The molecule has 1 atom stereocenters. The molecule has 0 bridgehead atoms. The highest BCUT2D eigenvalue weighted by Gasteiger charge is 2.48. The zero-order valence-corrected chi connectivity index (χ0v) is 12.1. The van der Waals surface area contributed by atoms with E-state index in [-0.39, 0.29) is 18.2 Å². The molecule has 1 amide bonds. The van der Waals surface area contributed by atoms with Crippen LogP contribution in [0.1, 0.15) is 12.5 Å². The monoisotopic (exact) mass is 374 g/mol. The van der Waals surface area contributed by atoms with Gasteiger partial charge in [0.25, 0.3) is 5.69 Å². The fraction of sp³-hybridized carbons (Fsp3) is 0.333. The number of halogens is 6. The van der Waals surface area contributed by atoms with Crippen molar-refractivity contribution in [1.29, 1.82) is 0 Å². The lowest BCUT2D eigenvalue weighted by molar-refractivity contribution is -0.384. The fourth-order valence-corrected chi connectivity index (χ4v) is 1.79. The summed E-state index contributed by atoms with van der Waals surface area (Å²) >= 11 is 0. The molecule has 0 fully saturated rings. The number of amides is 1. The summed E-state index contributed by atoms with van der Waals surface area (Å²) in [6.07, 6.45) is -10.7. The average molecular weight is 374 g/mol. The molecule has 0 aliphatic rings. The number of benzene rings is 1. The summed E-state index contributed by atoms with van der Waals surface area (Å²) in [5.74, 6) is -4.72. The molecule has 0 radical (unpaired) electrons. The Hall–Kier alpha value is -2.86. The number of aliphatic carboxylic acids is 1. The molecule has 0 aromatic heterocycles. The molecule has 25 heavy (non-hydrogen) atoms. The SMILES string of the molecule is CC(C(=O)O)N(C(=O)C(F)(F)F)c1ccc(C(F)(F)F)cc1[N+](=O)[O-]. The topological polar surface area (TPSA) is 101 Å². The van der Waals surface area contributed by atoms with Crippen LogP contribution in [0.15, 0.2) is 18.2 Å². The second kappa shape index (κ2) is 6.57. The van der Waals surface area contributed by atoms with Gasteiger partial charge in [-0.1, -0.05) is 0 Å². The van der Waals surface area contributed by atoms with Gasteiger partial charge in [0.05, 0.1) is 10.5 Å². The van der Waals surface area contributed by atoms with E-state index in [0.29, 0.717) is 6.92 Å². The molecular weight excluding hydrogens is 366 g/mol. The van der Waals surface area contributed by atoms with Crippen LogP contribution >= 0.6 is 0 Å². The second-order valence-corrected chi connectivity index (χ2v) is 4.65. The Bertz CT molecular complexity index is 715. The summed E-state index contributed by atoms with van der Waals surface area (Å²) in [7, 11) is 0. The van der Waals surface area contributed by atoms with Crippen molar-refractivity contribution in [3.05, 3.63) is 33.9 Å². The first-order valence-corrected chi connectivity index (χ1v) is 6.16. The van der Waals surface area contributed by atoms with E-state index < -0.39 is 57.0 Å². The van der Waals surface area contributed by atoms with E-state index >= 15 is 0 Å². The molecule has 0 saturated heterocycles. The third kappa shape index (κ3) is 4.36. The van der Waals surface area contributed by atoms with Crippen LogP contribution in [0.4, 0.5) is 37.7 Å². The Morgan fingerprint density at radius 1 is 1.20 bits per heavy atom. The summed E-state index contributed by atoms with van der Waals surface area (Å²) in [4.78, 5) is 31.4. The van der Waals surface area contributed by atoms with Gasteiger partial charge in [0.15, 0.2) is 0 Å². The minimum absolute atomic E-state index is 0.0828. The molecule has 0 heterocycles. The van der Waals surface area contributed by atoms with Crippen LogP contribution in [0.2, 0.25) is 0 Å². The Balaban J connectivity index is 3.67. The van der Waals surface area contributed by atoms with E-state index in [9.17, 15) is 46.0 Å². The highest BCUT2D eigenvalue weighted by atomic mass is 19.4. The van der Waals surface area contributed by atoms with E-state index in [1.165, 1.54) is 0 Å². The predicted octanol–water partition coefficient (Wildman–Crippen LogP) is 2.98. The quantitative estimate of drug-likeness (QED) is 0.496. The van der Waals surface area contributed by atoms with Crippen LogP contribution in [0.25, 0.3) is 0 Å². The smallest absolute Gasteiger partial charge is 0.471 e. The van der Waals surface area contributed by atoms with Crippen molar-refractivity contribution in [2.24, 2.45) is 0 Å². The van der Waals surface area contributed by atoms with E-state index in [1.807, 2.05) is 0 Å². The highest BCUT2D eigenvalue weighted by molar-refractivity contribution is 6.03. The van der Waals surface area contributed by atoms with Crippen LogP contribution in [0, 0.1) is 10.1 Å². The average Bonchev–Trinajstić information content (AvgIpc) is 2.45. The maximum Gasteiger partial charge on any atom is 0.471 e. The lowest BCUT2D eigenvalue weighted by Crippen LogP contribution is -2.49. The molecule has 0 saturated carbocycles. The van der Waals surface area contributed by atoms with Gasteiger partial charge in [0.2, 0.25) is 0 Å². The molecule has 1 aromatic carbocycles. The lowest BCUT2D eigenvalue weighted by Gasteiger charge is -2.27. The van der Waals surface area contributed by atoms with Gasteiger partial charge < -0.3 is 5.11 Å². The second-order valence-electron chi connectivity index (χ2n) is 4.65. The highest BCUT2D eigenvalue weighted by Crippen LogP contribution is 2.38. The zero-order valence-electron chi connectivity index (χ0n) is 12.1. The van der Waals surface area contributed by atoms with Gasteiger partial charge in [-0.2, -0.15) is 26.3 Å². The third-order valence-electron chi connectivity index (χ3n) is 2.96. The van der Waals surface area contributed by atoms with E-state index in [0.717, 1.165) is 0 Å². The Morgan fingerprint density at radius 2 is 1.72 bits per heavy atom. The molecule has 138 valence electrons. The number of rotatable bonds is 4. The minimum Gasteiger partial charge on any atom is -0.480 e. The number of alkyl halides is 6. The third-order valence-corrected chi connectivity index (χ3v) is 2.96. The maximum absolute atomic E-state index is 12.7. The molecule has 1 aromatic rings. The number of carboxylic acids is 1. The van der Waals surface area contributed by atoms with E-state index in [4.69, 9.17) is 5.11 Å². The molecule has 0 spiro atoms. The molecular formula is C12H8F6N2O5. The summed E-state index contributed by atoms with van der Waals surface area (Å²) in [5, 5.41) is 19.8. The standard InChI is InChI=1S/C12H8F6N2O5/c1-5(9(21)22)19(10(23)12(16,17)18)7-3-2-6(11(13,14)15)4-8(7)20(24)25/h2-5H,1H3,(H,21,22). The van der Waals surface area contributed by atoms with Crippen molar-refractivity contribution < 1.29 is 46.0 Å². The van der Waals surface area contributed by atoms with Crippen molar-refractivity contribution in [1.82, 2.24) is 0 Å². The maximum atomic E-state index is 12.7. The number of nitro groups is 1. The Labute approximate surface area is 134 Å². The molecule has 0 aliphatic heterocycles. The lowest BCUT2D eigenvalue weighted by atomic mass is 10.1. The van der Waals surface area contributed by atoms with Crippen molar-refractivity contribution >= 4 is 23.3 Å². The van der Waals surface area contributed by atoms with Crippen molar-refractivity contribution in [3.8, 4) is 0 Å². The Kier molecular flexibility index (Phi) is 5.30. The largest absolute Gasteiger partial charge is 0.480 e. The van der Waals surface area contributed by atoms with Gasteiger partial charge in [-0.25, -0.2) is 4.79 Å². The number of carbonyl (C=O) groups is 2. The first kappa shape index (κ1) is 20.2. The Morgan fingerprint density at radius 3 is 2.08 bits per heavy atom. The number of nitro benzene ring substituents is 1. The number of carboxylic acid groups (broad SMARTS) is 1. The number of hydrogen-bond donors (Lipinski definition) is 1. The van der Waals surface area contributed by atoms with Crippen LogP contribution in [-0.4, -0.2) is 34.1 Å². The number of anilines is 1. The molecule has 1 unspecified atom stereocenters. The van der Waals surface area contributed by atoms with Gasteiger partial charge in [0.1, 0.15) is 11.7 Å². The van der Waals surface area contributed by atoms with Crippen LogP contribution in [0.5, 0.6) is 0 Å². The normalized spacial score (nSPS) is 13.2. The number of carbonyl (C=O) groups excluding carboxylic acids is 1. The number of hydrogen-bond acceptors (Lipinski definition) is 4. The van der Waals surface area contributed by atoms with Gasteiger partial charge in [-0.15, -0.1) is 0 Å². The molecule has 1 rings (SSSR count).